The van der Waals surface area contributed by atoms with Crippen LogP contribution in [-0.4, -0.2) is 11.5 Å². The van der Waals surface area contributed by atoms with E-state index < -0.39 is 0 Å². The molecule has 3 heteroatoms. The lowest BCUT2D eigenvalue weighted by molar-refractivity contribution is 0.497. The van der Waals surface area contributed by atoms with Crippen LogP contribution in [0.25, 0.3) is 11.1 Å². The molecule has 16 heavy (non-hydrogen) atoms. The minimum atomic E-state index is 0.302. The average molecular weight is 218 g/mol. The normalized spacial score (nSPS) is 13.6. The third-order valence-electron chi connectivity index (χ3n) is 2.84. The number of nitrogens with zero attached hydrogens (tertiary/aromatic N) is 1. The molecule has 86 valence electrons. The molecule has 0 fully saturated rings. The van der Waals surface area contributed by atoms with E-state index in [0.29, 0.717) is 18.4 Å². The zero-order valence-corrected chi connectivity index (χ0v) is 10.0. The third kappa shape index (κ3) is 1.83. The molecule has 1 heterocycles. The molecule has 3 nitrogen and oxygen atoms in total. The molecular weight excluding hydrogens is 200 g/mol. The number of benzene rings is 1. The number of aromatic nitrogens is 1. The Labute approximate surface area is 95.7 Å². The van der Waals surface area contributed by atoms with Crippen LogP contribution in [0.2, 0.25) is 0 Å². The van der Waals surface area contributed by atoms with Crippen LogP contribution in [0.3, 0.4) is 0 Å². The summed E-state index contributed by atoms with van der Waals surface area (Å²) in [7, 11) is 0. The minimum absolute atomic E-state index is 0.302. The van der Waals surface area contributed by atoms with E-state index in [2.05, 4.69) is 31.8 Å². The fourth-order valence-electron chi connectivity index (χ4n) is 1.75. The van der Waals surface area contributed by atoms with Crippen molar-refractivity contribution in [2.45, 2.75) is 32.6 Å². The highest BCUT2D eigenvalue weighted by atomic mass is 16.3. The van der Waals surface area contributed by atoms with Gasteiger partial charge in [-0.15, -0.1) is 0 Å². The van der Waals surface area contributed by atoms with Crippen molar-refractivity contribution in [2.75, 3.05) is 6.54 Å². The fourth-order valence-corrected chi connectivity index (χ4v) is 1.75. The van der Waals surface area contributed by atoms with Crippen LogP contribution in [0.15, 0.2) is 22.6 Å². The van der Waals surface area contributed by atoms with Crippen molar-refractivity contribution in [3.05, 3.63) is 29.7 Å². The molecule has 0 aliphatic rings. The molecule has 1 aromatic carbocycles. The fraction of sp³-hybridized carbons (Fsp3) is 0.462. The number of nitrogens with two attached hydrogens (primary N) is 1. The van der Waals surface area contributed by atoms with Crippen LogP contribution < -0.4 is 5.73 Å². The second-order valence-corrected chi connectivity index (χ2v) is 4.54. The first-order valence-electron chi connectivity index (χ1n) is 5.73. The van der Waals surface area contributed by atoms with Gasteiger partial charge in [0.25, 0.3) is 0 Å². The number of oxazole rings is 1. The quantitative estimate of drug-likeness (QED) is 0.861. The Balaban J connectivity index is 2.58. The summed E-state index contributed by atoms with van der Waals surface area (Å²) < 4.78 is 5.82. The maximum Gasteiger partial charge on any atom is 0.198 e. The summed E-state index contributed by atoms with van der Waals surface area (Å²) in [5.74, 6) is 1.41. The first-order valence-corrected chi connectivity index (χ1v) is 5.73. The van der Waals surface area contributed by atoms with Crippen LogP contribution in [-0.2, 0) is 0 Å². The second kappa shape index (κ2) is 4.26. The summed E-state index contributed by atoms with van der Waals surface area (Å²) in [5.41, 5.74) is 8.68. The maximum atomic E-state index is 5.82. The van der Waals surface area contributed by atoms with Crippen molar-refractivity contribution in [1.29, 1.82) is 0 Å². The molecule has 0 saturated carbocycles. The molecule has 0 bridgehead atoms. The van der Waals surface area contributed by atoms with Gasteiger partial charge in [-0.1, -0.05) is 32.9 Å². The summed E-state index contributed by atoms with van der Waals surface area (Å²) in [6.07, 6.45) is 0. The van der Waals surface area contributed by atoms with Crippen LogP contribution in [0.5, 0.6) is 0 Å². The zero-order valence-electron chi connectivity index (χ0n) is 10.0. The van der Waals surface area contributed by atoms with E-state index in [1.54, 1.807) is 0 Å². The lowest BCUT2D eigenvalue weighted by Gasteiger charge is -2.08. The lowest BCUT2D eigenvalue weighted by atomic mass is 10.0. The molecule has 0 aliphatic carbocycles. The Bertz CT molecular complexity index is 488. The Morgan fingerprint density at radius 3 is 2.69 bits per heavy atom. The van der Waals surface area contributed by atoms with Gasteiger partial charge in [0.05, 0.1) is 0 Å². The van der Waals surface area contributed by atoms with Gasteiger partial charge in [0.1, 0.15) is 5.52 Å². The lowest BCUT2D eigenvalue weighted by Crippen LogP contribution is -2.08. The van der Waals surface area contributed by atoms with Gasteiger partial charge in [0.2, 0.25) is 0 Å². The zero-order chi connectivity index (χ0) is 11.7. The topological polar surface area (TPSA) is 52.0 Å². The number of hydrogen-bond donors (Lipinski definition) is 1. The van der Waals surface area contributed by atoms with Crippen molar-refractivity contribution < 1.29 is 4.42 Å². The SMILES string of the molecule is CC(C)c1nc2cccc(C(C)CN)c2o1. The summed E-state index contributed by atoms with van der Waals surface area (Å²) in [6, 6.07) is 6.06. The van der Waals surface area contributed by atoms with Gasteiger partial charge in [-0.2, -0.15) is 0 Å². The summed E-state index contributed by atoms with van der Waals surface area (Å²) in [5, 5.41) is 0. The van der Waals surface area contributed by atoms with Gasteiger partial charge >= 0.3 is 0 Å². The second-order valence-electron chi connectivity index (χ2n) is 4.54. The molecule has 0 amide bonds. The van der Waals surface area contributed by atoms with Crippen LogP contribution in [0.4, 0.5) is 0 Å². The minimum Gasteiger partial charge on any atom is -0.440 e. The van der Waals surface area contributed by atoms with Crippen molar-refractivity contribution in [3.63, 3.8) is 0 Å². The van der Waals surface area contributed by atoms with E-state index in [4.69, 9.17) is 10.2 Å². The van der Waals surface area contributed by atoms with E-state index >= 15 is 0 Å². The Morgan fingerprint density at radius 2 is 2.06 bits per heavy atom. The van der Waals surface area contributed by atoms with Crippen LogP contribution in [0.1, 0.15) is 44.1 Å². The molecule has 1 atom stereocenters. The van der Waals surface area contributed by atoms with Crippen LogP contribution >= 0.6 is 0 Å². The molecule has 1 unspecified atom stereocenters. The Kier molecular flexibility index (Phi) is 2.97. The molecule has 0 saturated heterocycles. The molecule has 0 spiro atoms. The summed E-state index contributed by atoms with van der Waals surface area (Å²) in [4.78, 5) is 4.48. The van der Waals surface area contributed by atoms with Crippen molar-refractivity contribution in [1.82, 2.24) is 4.98 Å². The van der Waals surface area contributed by atoms with Crippen molar-refractivity contribution in [3.8, 4) is 0 Å². The maximum absolute atomic E-state index is 5.82. The molecule has 0 radical (unpaired) electrons. The highest BCUT2D eigenvalue weighted by molar-refractivity contribution is 5.77. The summed E-state index contributed by atoms with van der Waals surface area (Å²) in [6.45, 7) is 6.89. The van der Waals surface area contributed by atoms with E-state index in [1.165, 1.54) is 0 Å². The monoisotopic (exact) mass is 218 g/mol. The average Bonchev–Trinajstić information content (AvgIpc) is 2.71. The Hall–Kier alpha value is -1.35. The van der Waals surface area contributed by atoms with Gasteiger partial charge in [-0.25, -0.2) is 4.98 Å². The largest absolute Gasteiger partial charge is 0.440 e. The Morgan fingerprint density at radius 1 is 1.31 bits per heavy atom. The highest BCUT2D eigenvalue weighted by Crippen LogP contribution is 2.28. The van der Waals surface area contributed by atoms with E-state index in [-0.39, 0.29) is 0 Å². The molecule has 2 rings (SSSR count). The molecule has 2 aromatic rings. The number of fused-ring (bicyclic) bond motifs is 1. The van der Waals surface area contributed by atoms with Gasteiger partial charge in [-0.3, -0.25) is 0 Å². The molecular formula is C13H18N2O. The predicted molar refractivity (Wildman–Crippen MR) is 65.6 cm³/mol. The van der Waals surface area contributed by atoms with Crippen molar-refractivity contribution >= 4 is 11.1 Å². The third-order valence-corrected chi connectivity index (χ3v) is 2.84. The van der Waals surface area contributed by atoms with E-state index in [9.17, 15) is 0 Å². The standard InChI is InChI=1S/C13H18N2O/c1-8(2)13-15-11-6-4-5-10(9(3)7-14)12(11)16-13/h4-6,8-9H,7,14H2,1-3H3. The van der Waals surface area contributed by atoms with Gasteiger partial charge in [0, 0.05) is 11.5 Å². The number of para-hydroxylation sites is 1. The van der Waals surface area contributed by atoms with Crippen molar-refractivity contribution in [2.24, 2.45) is 5.73 Å². The van der Waals surface area contributed by atoms with Gasteiger partial charge in [-0.05, 0) is 18.5 Å². The van der Waals surface area contributed by atoms with E-state index in [0.717, 1.165) is 22.6 Å². The summed E-state index contributed by atoms with van der Waals surface area (Å²) >= 11 is 0. The molecule has 2 N–H and O–H groups in total. The smallest absolute Gasteiger partial charge is 0.198 e. The van der Waals surface area contributed by atoms with E-state index in [1.807, 2.05) is 12.1 Å². The first-order chi connectivity index (χ1) is 7.63. The van der Waals surface area contributed by atoms with Crippen LogP contribution in [0, 0.1) is 0 Å². The number of hydrogen-bond acceptors (Lipinski definition) is 3. The predicted octanol–water partition coefficient (Wildman–Crippen LogP) is 3.01. The van der Waals surface area contributed by atoms with Gasteiger partial charge < -0.3 is 10.2 Å². The molecule has 0 aliphatic heterocycles. The first kappa shape index (κ1) is 11.1. The highest BCUT2D eigenvalue weighted by Gasteiger charge is 2.14. The van der Waals surface area contributed by atoms with Gasteiger partial charge in [0.15, 0.2) is 11.5 Å². The molecule has 1 aromatic heterocycles. The number of rotatable bonds is 3.